The molecule has 102 valence electrons. The van der Waals surface area contributed by atoms with Crippen molar-refractivity contribution in [1.82, 2.24) is 15.1 Å². The third kappa shape index (κ3) is 2.53. The van der Waals surface area contributed by atoms with Gasteiger partial charge in [-0.05, 0) is 37.9 Å². The highest BCUT2D eigenvalue weighted by Crippen LogP contribution is 2.23. The highest BCUT2D eigenvalue weighted by atomic mass is 16.4. The van der Waals surface area contributed by atoms with Crippen LogP contribution in [0.5, 0.6) is 0 Å². The van der Waals surface area contributed by atoms with Gasteiger partial charge in [-0.25, -0.2) is 4.79 Å². The molecule has 0 aromatic carbocycles. The van der Waals surface area contributed by atoms with Gasteiger partial charge in [-0.15, -0.1) is 10.2 Å². The van der Waals surface area contributed by atoms with E-state index in [0.29, 0.717) is 6.04 Å². The quantitative estimate of drug-likeness (QED) is 0.852. The number of nitrogens with zero attached hydrogens (tertiary/aromatic N) is 4. The number of hydrogen-bond donors (Lipinski definition) is 1. The lowest BCUT2D eigenvalue weighted by Gasteiger charge is -2.26. The lowest BCUT2D eigenvalue weighted by molar-refractivity contribution is 0.0689. The Balaban J connectivity index is 1.75. The third-order valence-corrected chi connectivity index (χ3v) is 4.00. The molecule has 3 heterocycles. The van der Waals surface area contributed by atoms with E-state index in [1.54, 1.807) is 6.07 Å². The van der Waals surface area contributed by atoms with Gasteiger partial charge in [0.25, 0.3) is 0 Å². The maximum Gasteiger partial charge on any atom is 0.356 e. The topological polar surface area (TPSA) is 69.6 Å². The summed E-state index contributed by atoms with van der Waals surface area (Å²) in [6, 6.07) is 3.91. The first-order chi connectivity index (χ1) is 9.24. The summed E-state index contributed by atoms with van der Waals surface area (Å²) in [6.07, 6.45) is 3.65. The van der Waals surface area contributed by atoms with Crippen molar-refractivity contribution in [3.8, 4) is 0 Å². The Morgan fingerprint density at radius 3 is 2.79 bits per heavy atom. The van der Waals surface area contributed by atoms with Crippen molar-refractivity contribution in [1.29, 1.82) is 0 Å². The molecule has 1 atom stereocenters. The van der Waals surface area contributed by atoms with Crippen LogP contribution in [-0.4, -0.2) is 58.4 Å². The van der Waals surface area contributed by atoms with E-state index in [1.807, 2.05) is 0 Å². The number of rotatable bonds is 2. The van der Waals surface area contributed by atoms with Gasteiger partial charge in [0.15, 0.2) is 11.5 Å². The number of fused-ring (bicyclic) bond motifs is 1. The number of aromatic nitrogens is 2. The fraction of sp³-hybridized carbons (Fsp3) is 0.615. The van der Waals surface area contributed by atoms with Gasteiger partial charge >= 0.3 is 5.97 Å². The van der Waals surface area contributed by atoms with Crippen LogP contribution in [-0.2, 0) is 0 Å². The Morgan fingerprint density at radius 2 is 2.05 bits per heavy atom. The molecule has 2 aliphatic heterocycles. The minimum atomic E-state index is -1.03. The summed E-state index contributed by atoms with van der Waals surface area (Å²) in [5, 5.41) is 16.7. The van der Waals surface area contributed by atoms with E-state index in [1.165, 1.54) is 25.5 Å². The number of carbonyl (C=O) groups is 1. The lowest BCUT2D eigenvalue weighted by atomic mass is 10.2. The van der Waals surface area contributed by atoms with E-state index < -0.39 is 5.97 Å². The molecule has 0 saturated carbocycles. The first-order valence-corrected chi connectivity index (χ1v) is 6.80. The predicted octanol–water partition coefficient (Wildman–Crippen LogP) is 0.849. The van der Waals surface area contributed by atoms with Gasteiger partial charge in [-0.2, -0.15) is 0 Å². The Morgan fingerprint density at radius 1 is 1.21 bits per heavy atom. The van der Waals surface area contributed by atoms with Crippen LogP contribution in [0, 0.1) is 0 Å². The lowest BCUT2D eigenvalue weighted by Crippen LogP contribution is -2.37. The van der Waals surface area contributed by atoms with Gasteiger partial charge in [-0.1, -0.05) is 0 Å². The molecule has 2 fully saturated rings. The summed E-state index contributed by atoms with van der Waals surface area (Å²) in [5.74, 6) is -0.240. The monoisotopic (exact) mass is 262 g/mol. The highest BCUT2D eigenvalue weighted by molar-refractivity contribution is 5.85. The average Bonchev–Trinajstić information content (AvgIpc) is 2.76. The van der Waals surface area contributed by atoms with Crippen LogP contribution in [0.15, 0.2) is 12.1 Å². The molecule has 0 radical (unpaired) electrons. The molecule has 6 heteroatoms. The third-order valence-electron chi connectivity index (χ3n) is 4.00. The molecule has 1 aromatic rings. The molecule has 0 aliphatic carbocycles. The summed E-state index contributed by atoms with van der Waals surface area (Å²) >= 11 is 0. The average molecular weight is 262 g/mol. The Bertz CT molecular complexity index is 462. The van der Waals surface area contributed by atoms with Gasteiger partial charge < -0.3 is 10.0 Å². The Kier molecular flexibility index (Phi) is 3.33. The molecule has 0 bridgehead atoms. The van der Waals surface area contributed by atoms with Crippen LogP contribution in [0.3, 0.4) is 0 Å². The summed E-state index contributed by atoms with van der Waals surface area (Å²) in [4.78, 5) is 15.6. The normalized spacial score (nSPS) is 24.0. The standard InChI is InChI=1S/C13H18N4O2/c18-13(19)11-4-5-12(15-14-11)17-8-2-7-16-6-1-3-10(16)9-17/h4-5,10H,1-3,6-9H2,(H,18,19). The second-order valence-corrected chi connectivity index (χ2v) is 5.21. The zero-order valence-corrected chi connectivity index (χ0v) is 10.8. The molecular weight excluding hydrogens is 244 g/mol. The van der Waals surface area contributed by atoms with E-state index in [2.05, 4.69) is 20.0 Å². The van der Waals surface area contributed by atoms with Gasteiger partial charge in [-0.3, -0.25) is 4.90 Å². The minimum Gasteiger partial charge on any atom is -0.476 e. The number of anilines is 1. The van der Waals surface area contributed by atoms with Crippen LogP contribution in [0.2, 0.25) is 0 Å². The summed E-state index contributed by atoms with van der Waals surface area (Å²) in [5.41, 5.74) is 0.000986. The van der Waals surface area contributed by atoms with Crippen molar-refractivity contribution in [2.45, 2.75) is 25.3 Å². The molecule has 3 rings (SSSR count). The van der Waals surface area contributed by atoms with Crippen LogP contribution in [0.25, 0.3) is 0 Å². The molecule has 0 spiro atoms. The maximum absolute atomic E-state index is 10.8. The SMILES string of the molecule is O=C(O)c1ccc(N2CCCN3CCCC3C2)nn1. The van der Waals surface area contributed by atoms with Crippen molar-refractivity contribution in [2.75, 3.05) is 31.1 Å². The van der Waals surface area contributed by atoms with Crippen molar-refractivity contribution in [3.63, 3.8) is 0 Å². The number of carboxylic acids is 1. The minimum absolute atomic E-state index is 0.000986. The molecule has 1 unspecified atom stereocenters. The van der Waals surface area contributed by atoms with E-state index in [9.17, 15) is 4.79 Å². The molecule has 1 aromatic heterocycles. The first-order valence-electron chi connectivity index (χ1n) is 6.80. The number of carboxylic acid groups (broad SMARTS) is 1. The second-order valence-electron chi connectivity index (χ2n) is 5.21. The second kappa shape index (κ2) is 5.13. The van der Waals surface area contributed by atoms with Crippen LogP contribution in [0.4, 0.5) is 5.82 Å². The van der Waals surface area contributed by atoms with Gasteiger partial charge in [0, 0.05) is 25.7 Å². The number of hydrogen-bond acceptors (Lipinski definition) is 5. The van der Waals surface area contributed by atoms with Crippen molar-refractivity contribution in [3.05, 3.63) is 17.8 Å². The van der Waals surface area contributed by atoms with Crippen molar-refractivity contribution in [2.24, 2.45) is 0 Å². The molecule has 0 amide bonds. The largest absolute Gasteiger partial charge is 0.476 e. The molecule has 19 heavy (non-hydrogen) atoms. The highest BCUT2D eigenvalue weighted by Gasteiger charge is 2.29. The predicted molar refractivity (Wildman–Crippen MR) is 70.4 cm³/mol. The summed E-state index contributed by atoms with van der Waals surface area (Å²) < 4.78 is 0. The summed E-state index contributed by atoms with van der Waals surface area (Å²) in [6.45, 7) is 4.30. The van der Waals surface area contributed by atoms with Gasteiger partial charge in [0.05, 0.1) is 0 Å². The molecule has 6 nitrogen and oxygen atoms in total. The maximum atomic E-state index is 10.8. The molecule has 1 N–H and O–H groups in total. The van der Waals surface area contributed by atoms with Gasteiger partial charge in [0.2, 0.25) is 0 Å². The van der Waals surface area contributed by atoms with E-state index in [0.717, 1.165) is 31.9 Å². The smallest absolute Gasteiger partial charge is 0.356 e. The fourth-order valence-corrected chi connectivity index (χ4v) is 3.02. The van der Waals surface area contributed by atoms with Crippen LogP contribution < -0.4 is 4.90 Å². The summed E-state index contributed by atoms with van der Waals surface area (Å²) in [7, 11) is 0. The Hall–Kier alpha value is -1.69. The van der Waals surface area contributed by atoms with Crippen molar-refractivity contribution < 1.29 is 9.90 Å². The van der Waals surface area contributed by atoms with Crippen LogP contribution in [0.1, 0.15) is 29.8 Å². The van der Waals surface area contributed by atoms with Crippen molar-refractivity contribution >= 4 is 11.8 Å². The zero-order valence-electron chi connectivity index (χ0n) is 10.8. The van der Waals surface area contributed by atoms with E-state index >= 15 is 0 Å². The molecular formula is C13H18N4O2. The number of aromatic carboxylic acids is 1. The van der Waals surface area contributed by atoms with Gasteiger partial charge in [0.1, 0.15) is 0 Å². The van der Waals surface area contributed by atoms with E-state index in [-0.39, 0.29) is 5.69 Å². The molecule has 2 saturated heterocycles. The first kappa shape index (κ1) is 12.3. The zero-order chi connectivity index (χ0) is 13.2. The molecule has 2 aliphatic rings. The fourth-order valence-electron chi connectivity index (χ4n) is 3.02. The van der Waals surface area contributed by atoms with Crippen LogP contribution >= 0.6 is 0 Å². The Labute approximate surface area is 112 Å². The van der Waals surface area contributed by atoms with E-state index in [4.69, 9.17) is 5.11 Å².